The van der Waals surface area contributed by atoms with Gasteiger partial charge in [0, 0.05) is 18.7 Å². The van der Waals surface area contributed by atoms with E-state index in [1.54, 1.807) is 19.1 Å². The number of thioether (sulfide) groups is 1. The van der Waals surface area contributed by atoms with E-state index in [-0.39, 0.29) is 36.1 Å². The maximum absolute atomic E-state index is 13.5. The smallest absolute Gasteiger partial charge is 0.416 e. The molecule has 7 nitrogen and oxygen atoms in total. The number of amidine groups is 1. The third kappa shape index (κ3) is 7.39. The number of halogens is 6. The third-order valence-electron chi connectivity index (χ3n) is 6.53. The number of carbonyl (C=O) groups excluding carboxylic acids is 2. The molecule has 1 atom stereocenters. The Hall–Kier alpha value is -3.68. The Labute approximate surface area is 241 Å². The van der Waals surface area contributed by atoms with Crippen molar-refractivity contribution in [3.63, 3.8) is 0 Å². The van der Waals surface area contributed by atoms with Gasteiger partial charge in [-0.1, -0.05) is 12.1 Å². The number of hydrogen-bond acceptors (Lipinski definition) is 7. The number of aliphatic imine (C=N–C) groups is 1. The molecule has 1 amide bonds. The molecule has 1 saturated heterocycles. The lowest BCUT2D eigenvalue weighted by atomic mass is 9.99. The normalized spacial score (nSPS) is 18.7. The fraction of sp³-hybridized carbons (Fsp3) is 0.393. The van der Waals surface area contributed by atoms with Crippen LogP contribution in [0.4, 0.5) is 26.3 Å². The average molecular weight is 617 g/mol. The minimum Gasteiger partial charge on any atom is -0.493 e. The second kappa shape index (κ2) is 12.7. The average Bonchev–Trinajstić information content (AvgIpc) is 3.31. The van der Waals surface area contributed by atoms with Crippen LogP contribution in [0, 0.1) is 5.92 Å². The fourth-order valence-corrected chi connectivity index (χ4v) is 5.43. The van der Waals surface area contributed by atoms with Gasteiger partial charge in [-0.15, -0.1) is 0 Å². The molecule has 2 heterocycles. The molecule has 0 spiro atoms. The number of ether oxygens (including phenoxy) is 3. The van der Waals surface area contributed by atoms with Crippen LogP contribution in [0.2, 0.25) is 0 Å². The van der Waals surface area contributed by atoms with Gasteiger partial charge in [-0.05, 0) is 67.4 Å². The minimum absolute atomic E-state index is 0.0494. The summed E-state index contributed by atoms with van der Waals surface area (Å²) in [6.45, 7) is 2.38. The van der Waals surface area contributed by atoms with E-state index in [0.717, 1.165) is 24.2 Å². The molecule has 1 fully saturated rings. The molecule has 0 saturated carbocycles. The van der Waals surface area contributed by atoms with E-state index in [4.69, 9.17) is 14.2 Å². The highest BCUT2D eigenvalue weighted by Crippen LogP contribution is 2.39. The van der Waals surface area contributed by atoms with Crippen LogP contribution in [-0.2, 0) is 33.3 Å². The summed E-state index contributed by atoms with van der Waals surface area (Å²) in [5, 5.41) is 0.476. The van der Waals surface area contributed by atoms with Crippen LogP contribution in [0.25, 0.3) is 6.08 Å². The number of amides is 1. The Bertz CT molecular complexity index is 1410. The first-order valence-corrected chi connectivity index (χ1v) is 13.6. The molecule has 226 valence electrons. The van der Waals surface area contributed by atoms with Crippen molar-refractivity contribution >= 4 is 34.9 Å². The zero-order valence-corrected chi connectivity index (χ0v) is 23.3. The van der Waals surface area contributed by atoms with Crippen molar-refractivity contribution in [3.8, 4) is 11.5 Å². The van der Waals surface area contributed by atoms with E-state index in [1.807, 2.05) is 4.90 Å². The lowest BCUT2D eigenvalue weighted by Gasteiger charge is -2.32. The number of methoxy groups -OCH3 is 1. The number of carbonyl (C=O) groups is 2. The first kappa shape index (κ1) is 31.3. The summed E-state index contributed by atoms with van der Waals surface area (Å²) in [7, 11) is 1.31. The Morgan fingerprint density at radius 3 is 2.52 bits per heavy atom. The molecule has 0 bridgehead atoms. The Morgan fingerprint density at radius 1 is 1.10 bits per heavy atom. The molecule has 1 unspecified atom stereocenters. The number of alkyl halides is 6. The first-order chi connectivity index (χ1) is 19.8. The second-order valence-corrected chi connectivity index (χ2v) is 10.4. The summed E-state index contributed by atoms with van der Waals surface area (Å²) < 4.78 is 95.3. The molecule has 2 aliphatic heterocycles. The van der Waals surface area contributed by atoms with Crippen LogP contribution in [0.5, 0.6) is 11.5 Å². The molecule has 0 N–H and O–H groups in total. The fourth-order valence-electron chi connectivity index (χ4n) is 4.48. The molecule has 0 aliphatic carbocycles. The van der Waals surface area contributed by atoms with E-state index in [1.165, 1.54) is 19.2 Å². The van der Waals surface area contributed by atoms with Crippen LogP contribution in [0.3, 0.4) is 0 Å². The molecule has 42 heavy (non-hydrogen) atoms. The summed E-state index contributed by atoms with van der Waals surface area (Å²) in [4.78, 5) is 31.1. The minimum atomic E-state index is -5.03. The number of likely N-dealkylation sites (tertiary alicyclic amines) is 1. The van der Waals surface area contributed by atoms with E-state index in [9.17, 15) is 35.9 Å². The number of nitrogens with zero attached hydrogens (tertiary/aromatic N) is 2. The van der Waals surface area contributed by atoms with Gasteiger partial charge in [-0.2, -0.15) is 31.3 Å². The van der Waals surface area contributed by atoms with Crippen molar-refractivity contribution in [2.24, 2.45) is 10.9 Å². The summed E-state index contributed by atoms with van der Waals surface area (Å²) in [6, 6.07) is 5.82. The van der Waals surface area contributed by atoms with Gasteiger partial charge in [0.1, 0.15) is 6.61 Å². The Morgan fingerprint density at radius 2 is 1.86 bits per heavy atom. The van der Waals surface area contributed by atoms with Crippen molar-refractivity contribution in [2.45, 2.75) is 38.7 Å². The second-order valence-electron chi connectivity index (χ2n) is 9.41. The lowest BCUT2D eigenvalue weighted by molar-refractivity contribution is -0.149. The van der Waals surface area contributed by atoms with Crippen LogP contribution < -0.4 is 9.47 Å². The van der Waals surface area contributed by atoms with Gasteiger partial charge in [0.15, 0.2) is 16.7 Å². The highest BCUT2D eigenvalue weighted by Gasteiger charge is 2.38. The van der Waals surface area contributed by atoms with Gasteiger partial charge < -0.3 is 19.1 Å². The van der Waals surface area contributed by atoms with Crippen LogP contribution >= 0.6 is 11.8 Å². The highest BCUT2D eigenvalue weighted by atomic mass is 32.2. The molecule has 14 heteroatoms. The van der Waals surface area contributed by atoms with Crippen molar-refractivity contribution < 1.29 is 50.1 Å². The summed E-state index contributed by atoms with van der Waals surface area (Å²) in [5.74, 6) is -0.871. The number of benzene rings is 2. The SMILES string of the molecule is CCOC(=O)C1CCCN(C2=NC(=O)/C(=C/c3ccc(OCc4ccc(C(F)(F)F)cc4C(F)(F)F)c(OC)c3)S2)C1. The van der Waals surface area contributed by atoms with Gasteiger partial charge in [0.2, 0.25) is 0 Å². The monoisotopic (exact) mass is 616 g/mol. The van der Waals surface area contributed by atoms with E-state index >= 15 is 0 Å². The lowest BCUT2D eigenvalue weighted by Crippen LogP contribution is -2.41. The number of piperidine rings is 1. The molecule has 0 aromatic heterocycles. The Balaban J connectivity index is 1.47. The van der Waals surface area contributed by atoms with E-state index in [0.29, 0.717) is 41.2 Å². The van der Waals surface area contributed by atoms with Crippen molar-refractivity contribution in [3.05, 3.63) is 63.6 Å². The number of rotatable bonds is 7. The molecule has 4 rings (SSSR count). The maximum atomic E-state index is 13.5. The van der Waals surface area contributed by atoms with E-state index < -0.39 is 41.6 Å². The van der Waals surface area contributed by atoms with E-state index in [2.05, 4.69) is 4.99 Å². The third-order valence-corrected chi connectivity index (χ3v) is 7.58. The van der Waals surface area contributed by atoms with Crippen molar-refractivity contribution in [1.82, 2.24) is 4.90 Å². The molecular formula is C28H26F6N2O5S. The molecular weight excluding hydrogens is 590 g/mol. The zero-order valence-electron chi connectivity index (χ0n) is 22.5. The predicted molar refractivity (Wildman–Crippen MR) is 143 cm³/mol. The molecule has 2 aromatic rings. The predicted octanol–water partition coefficient (Wildman–Crippen LogP) is 6.56. The van der Waals surface area contributed by atoms with Gasteiger partial charge in [-0.3, -0.25) is 9.59 Å². The molecule has 0 radical (unpaired) electrons. The van der Waals surface area contributed by atoms with Gasteiger partial charge in [0.25, 0.3) is 5.91 Å². The van der Waals surface area contributed by atoms with Gasteiger partial charge in [0.05, 0.1) is 35.7 Å². The maximum Gasteiger partial charge on any atom is 0.416 e. The standard InChI is InChI=1S/C28H26F6N2O5S/c1-3-40-25(38)17-5-4-10-36(14-17)26-35-24(37)23(42-26)12-16-6-9-21(22(11-16)39-2)41-15-18-7-8-19(27(29,30)31)13-20(18)28(32,33)34/h6-9,11-13,17H,3-5,10,14-15H2,1-2H3/b23-12-. The number of hydrogen-bond donors (Lipinski definition) is 0. The largest absolute Gasteiger partial charge is 0.493 e. The first-order valence-electron chi connectivity index (χ1n) is 12.8. The molecule has 2 aliphatic rings. The van der Waals surface area contributed by atoms with Crippen LogP contribution in [-0.4, -0.2) is 48.8 Å². The zero-order chi connectivity index (χ0) is 30.7. The Kier molecular flexibility index (Phi) is 9.43. The summed E-state index contributed by atoms with van der Waals surface area (Å²) >= 11 is 1.16. The topological polar surface area (TPSA) is 77.4 Å². The quantitative estimate of drug-likeness (QED) is 0.198. The summed E-state index contributed by atoms with van der Waals surface area (Å²) in [5.41, 5.74) is -2.84. The number of esters is 1. The highest BCUT2D eigenvalue weighted by molar-refractivity contribution is 8.18. The van der Waals surface area contributed by atoms with Gasteiger partial charge >= 0.3 is 18.3 Å². The van der Waals surface area contributed by atoms with Gasteiger partial charge in [-0.25, -0.2) is 0 Å². The molecule has 2 aromatic carbocycles. The van der Waals surface area contributed by atoms with Crippen molar-refractivity contribution in [2.75, 3.05) is 26.8 Å². The van der Waals surface area contributed by atoms with Crippen LogP contribution in [0.15, 0.2) is 46.3 Å². The summed E-state index contributed by atoms with van der Waals surface area (Å²) in [6.07, 6.45) is -6.96. The van der Waals surface area contributed by atoms with Crippen molar-refractivity contribution in [1.29, 1.82) is 0 Å². The van der Waals surface area contributed by atoms with Crippen LogP contribution in [0.1, 0.15) is 42.0 Å².